The van der Waals surface area contributed by atoms with E-state index < -0.39 is 5.41 Å². The number of rotatable bonds is 2. The maximum absolute atomic E-state index is 13.3. The van der Waals surface area contributed by atoms with Crippen molar-refractivity contribution in [3.05, 3.63) is 77.9 Å². The highest BCUT2D eigenvalue weighted by Crippen LogP contribution is 2.56. The van der Waals surface area contributed by atoms with Crippen molar-refractivity contribution in [1.29, 1.82) is 0 Å². The van der Waals surface area contributed by atoms with Crippen molar-refractivity contribution in [3.63, 3.8) is 0 Å². The number of Topliss-reactive ketones (excluding diaryl/α,β-unsaturated/α-hetero) is 1. The predicted molar refractivity (Wildman–Crippen MR) is 107 cm³/mol. The fourth-order valence-corrected chi connectivity index (χ4v) is 4.93. The van der Waals surface area contributed by atoms with Gasteiger partial charge in [-0.3, -0.25) is 9.59 Å². The number of carbonyl (C=O) groups excluding carboxylic acids is 2. The first-order valence-corrected chi connectivity index (χ1v) is 9.19. The van der Waals surface area contributed by atoms with Gasteiger partial charge in [-0.25, -0.2) is 0 Å². The first kappa shape index (κ1) is 17.5. The van der Waals surface area contributed by atoms with Crippen LogP contribution in [-0.2, 0) is 9.59 Å². The Morgan fingerprint density at radius 1 is 1.15 bits per heavy atom. The SMILES string of the molecule is C=CC1=CC[C@H]2C(=O)C=C(C)C(=O)[C@@]2(C)[C@H]1c1ccc(O)c2ccccc12. The van der Waals surface area contributed by atoms with Crippen LogP contribution in [-0.4, -0.2) is 16.7 Å². The molecule has 0 radical (unpaired) electrons. The first-order valence-electron chi connectivity index (χ1n) is 9.19. The summed E-state index contributed by atoms with van der Waals surface area (Å²) in [6, 6.07) is 11.2. The number of hydrogen-bond donors (Lipinski definition) is 1. The summed E-state index contributed by atoms with van der Waals surface area (Å²) in [4.78, 5) is 26.1. The van der Waals surface area contributed by atoms with Crippen LogP contribution in [0.25, 0.3) is 10.8 Å². The minimum Gasteiger partial charge on any atom is -0.507 e. The summed E-state index contributed by atoms with van der Waals surface area (Å²) in [6.07, 6.45) is 5.86. The third-order valence-electron chi connectivity index (χ3n) is 6.28. The second-order valence-corrected chi connectivity index (χ2v) is 7.69. The van der Waals surface area contributed by atoms with Gasteiger partial charge in [-0.2, -0.15) is 0 Å². The second kappa shape index (κ2) is 6.05. The molecule has 2 aliphatic rings. The van der Waals surface area contributed by atoms with Gasteiger partial charge in [-0.15, -0.1) is 0 Å². The van der Waals surface area contributed by atoms with E-state index in [-0.39, 0.29) is 29.2 Å². The molecule has 2 aliphatic carbocycles. The fraction of sp³-hybridized carbons (Fsp3) is 0.250. The molecule has 4 rings (SSSR count). The summed E-state index contributed by atoms with van der Waals surface area (Å²) in [6.45, 7) is 7.60. The van der Waals surface area contributed by atoms with E-state index in [9.17, 15) is 14.7 Å². The summed E-state index contributed by atoms with van der Waals surface area (Å²) in [5.41, 5.74) is 1.55. The van der Waals surface area contributed by atoms with Crippen LogP contribution < -0.4 is 0 Å². The molecular weight excluding hydrogens is 336 g/mol. The predicted octanol–water partition coefficient (Wildman–Crippen LogP) is 4.87. The number of ketones is 2. The van der Waals surface area contributed by atoms with Crippen molar-refractivity contribution in [2.24, 2.45) is 11.3 Å². The summed E-state index contributed by atoms with van der Waals surface area (Å²) in [5, 5.41) is 11.9. The van der Waals surface area contributed by atoms with Gasteiger partial charge in [-0.1, -0.05) is 56.0 Å². The maximum atomic E-state index is 13.3. The largest absolute Gasteiger partial charge is 0.507 e. The van der Waals surface area contributed by atoms with Gasteiger partial charge in [0.15, 0.2) is 11.6 Å². The van der Waals surface area contributed by atoms with Gasteiger partial charge < -0.3 is 5.11 Å². The van der Waals surface area contributed by atoms with Crippen molar-refractivity contribution < 1.29 is 14.7 Å². The molecule has 0 amide bonds. The molecule has 0 saturated heterocycles. The Labute approximate surface area is 158 Å². The second-order valence-electron chi connectivity index (χ2n) is 7.69. The van der Waals surface area contributed by atoms with E-state index in [1.54, 1.807) is 19.1 Å². The number of hydrogen-bond acceptors (Lipinski definition) is 3. The zero-order valence-electron chi connectivity index (χ0n) is 15.5. The van der Waals surface area contributed by atoms with Crippen LogP contribution in [0.1, 0.15) is 31.7 Å². The van der Waals surface area contributed by atoms with E-state index in [1.807, 2.05) is 43.3 Å². The van der Waals surface area contributed by atoms with Gasteiger partial charge in [-0.05, 0) is 47.6 Å². The van der Waals surface area contributed by atoms with Gasteiger partial charge in [0.1, 0.15) is 5.75 Å². The number of aromatic hydroxyl groups is 1. The lowest BCUT2D eigenvalue weighted by Gasteiger charge is -2.47. The smallest absolute Gasteiger partial charge is 0.166 e. The quantitative estimate of drug-likeness (QED) is 0.833. The van der Waals surface area contributed by atoms with Crippen LogP contribution >= 0.6 is 0 Å². The molecule has 1 N–H and O–H groups in total. The van der Waals surface area contributed by atoms with Gasteiger partial charge >= 0.3 is 0 Å². The Bertz CT molecular complexity index is 1060. The Kier molecular flexibility index (Phi) is 3.92. The zero-order valence-corrected chi connectivity index (χ0v) is 15.5. The van der Waals surface area contributed by atoms with Crippen LogP contribution in [0.2, 0.25) is 0 Å². The first-order chi connectivity index (χ1) is 12.9. The van der Waals surface area contributed by atoms with Crippen LogP contribution in [0.15, 0.2) is 72.4 Å². The van der Waals surface area contributed by atoms with Gasteiger partial charge in [0.25, 0.3) is 0 Å². The van der Waals surface area contributed by atoms with Gasteiger partial charge in [0, 0.05) is 17.2 Å². The van der Waals surface area contributed by atoms with E-state index >= 15 is 0 Å². The molecule has 0 aromatic heterocycles. The number of fused-ring (bicyclic) bond motifs is 2. The minimum absolute atomic E-state index is 0.0155. The van der Waals surface area contributed by atoms with Crippen LogP contribution in [0, 0.1) is 11.3 Å². The van der Waals surface area contributed by atoms with Crippen molar-refractivity contribution in [2.75, 3.05) is 0 Å². The highest BCUT2D eigenvalue weighted by molar-refractivity contribution is 6.13. The van der Waals surface area contributed by atoms with Gasteiger partial charge in [0.05, 0.1) is 5.41 Å². The normalized spacial score (nSPS) is 27.8. The molecule has 2 aromatic carbocycles. The number of allylic oxidation sites excluding steroid dienone is 5. The number of carbonyl (C=O) groups is 2. The molecule has 0 heterocycles. The summed E-state index contributed by atoms with van der Waals surface area (Å²) in [7, 11) is 0. The molecule has 2 aromatic rings. The van der Waals surface area contributed by atoms with E-state index in [0.29, 0.717) is 12.0 Å². The van der Waals surface area contributed by atoms with Crippen LogP contribution in [0.5, 0.6) is 5.75 Å². The highest BCUT2D eigenvalue weighted by Gasteiger charge is 2.55. The number of phenols is 1. The molecule has 3 heteroatoms. The zero-order chi connectivity index (χ0) is 19.3. The Morgan fingerprint density at radius 3 is 2.56 bits per heavy atom. The highest BCUT2D eigenvalue weighted by atomic mass is 16.3. The number of phenolic OH excluding ortho intramolecular Hbond substituents is 1. The monoisotopic (exact) mass is 358 g/mol. The van der Waals surface area contributed by atoms with Gasteiger partial charge in [0.2, 0.25) is 0 Å². The van der Waals surface area contributed by atoms with Crippen molar-refractivity contribution >= 4 is 22.3 Å². The minimum atomic E-state index is -0.867. The summed E-state index contributed by atoms with van der Waals surface area (Å²) < 4.78 is 0. The molecule has 3 atom stereocenters. The van der Waals surface area contributed by atoms with Crippen LogP contribution in [0.3, 0.4) is 0 Å². The molecule has 0 unspecified atom stereocenters. The summed E-state index contributed by atoms with van der Waals surface area (Å²) in [5.74, 6) is -0.434. The standard InChI is InChI=1S/C24H22O3/c1-4-15-9-11-19-21(26)13-14(2)23(27)24(19,3)22(15)18-10-12-20(25)17-8-6-5-7-16(17)18/h4-10,12-13,19,22,25H,1,11H2,2-3H3/t19-,22+,24+/m0/s1. The molecule has 0 fully saturated rings. The summed E-state index contributed by atoms with van der Waals surface area (Å²) >= 11 is 0. The van der Waals surface area contributed by atoms with E-state index in [4.69, 9.17) is 0 Å². The third-order valence-corrected chi connectivity index (χ3v) is 6.28. The van der Waals surface area contributed by atoms with E-state index in [0.717, 1.165) is 21.9 Å². The Morgan fingerprint density at radius 2 is 1.85 bits per heavy atom. The molecule has 0 spiro atoms. The number of benzene rings is 2. The van der Waals surface area contributed by atoms with Crippen molar-refractivity contribution in [3.8, 4) is 5.75 Å². The van der Waals surface area contributed by atoms with Crippen LogP contribution in [0.4, 0.5) is 0 Å². The maximum Gasteiger partial charge on any atom is 0.166 e. The van der Waals surface area contributed by atoms with E-state index in [1.165, 1.54) is 6.08 Å². The Balaban J connectivity index is 2.04. The molecular formula is C24H22O3. The molecule has 0 saturated carbocycles. The lowest BCUT2D eigenvalue weighted by atomic mass is 9.53. The average Bonchev–Trinajstić information content (AvgIpc) is 2.67. The molecule has 27 heavy (non-hydrogen) atoms. The lowest BCUT2D eigenvalue weighted by molar-refractivity contribution is -0.137. The van der Waals surface area contributed by atoms with E-state index in [2.05, 4.69) is 6.58 Å². The fourth-order valence-electron chi connectivity index (χ4n) is 4.93. The molecule has 3 nitrogen and oxygen atoms in total. The Hall–Kier alpha value is -2.94. The molecule has 0 aliphatic heterocycles. The lowest BCUT2D eigenvalue weighted by Crippen LogP contribution is -2.49. The third kappa shape index (κ3) is 2.34. The average molecular weight is 358 g/mol. The van der Waals surface area contributed by atoms with Crippen molar-refractivity contribution in [2.45, 2.75) is 26.2 Å². The molecule has 0 bridgehead atoms. The topological polar surface area (TPSA) is 54.4 Å². The van der Waals surface area contributed by atoms with Crippen molar-refractivity contribution in [1.82, 2.24) is 0 Å². The molecule has 136 valence electrons.